The first-order chi connectivity index (χ1) is 8.63. The number of hydrogen-bond acceptors (Lipinski definition) is 3. The van der Waals surface area contributed by atoms with Gasteiger partial charge in [0, 0.05) is 19.6 Å². The zero-order valence-corrected chi connectivity index (χ0v) is 10.7. The fraction of sp³-hybridized carbons (Fsp3) is 0.750. The maximum atomic E-state index is 11.7. The maximum Gasteiger partial charge on any atom is 0.317 e. The molecule has 0 radical (unpaired) electrons. The average Bonchev–Trinajstić information content (AvgIpc) is 2.37. The minimum Gasteiger partial charge on any atom is -0.354 e. The highest BCUT2D eigenvalue weighted by Crippen LogP contribution is 2.15. The van der Waals surface area contributed by atoms with Crippen LogP contribution < -0.4 is 10.6 Å². The van der Waals surface area contributed by atoms with Gasteiger partial charge in [-0.05, 0) is 18.8 Å². The lowest BCUT2D eigenvalue weighted by atomic mass is 10.00. The molecule has 0 unspecified atom stereocenters. The van der Waals surface area contributed by atoms with Gasteiger partial charge in [-0.3, -0.25) is 4.79 Å². The second-order valence-electron chi connectivity index (χ2n) is 4.59. The van der Waals surface area contributed by atoms with Crippen molar-refractivity contribution in [2.24, 2.45) is 5.92 Å². The molecule has 0 saturated carbocycles. The van der Waals surface area contributed by atoms with Crippen LogP contribution in [0.3, 0.4) is 0 Å². The summed E-state index contributed by atoms with van der Waals surface area (Å²) in [5.41, 5.74) is 0. The zero-order valence-electron chi connectivity index (χ0n) is 10.7. The third kappa shape index (κ3) is 5.04. The number of hydrogen-bond donors (Lipinski definition) is 2. The Morgan fingerprint density at radius 1 is 1.33 bits per heavy atom. The molecule has 1 rings (SSSR count). The number of nitrogens with one attached hydrogen (secondary N) is 2. The van der Waals surface area contributed by atoms with E-state index in [9.17, 15) is 9.59 Å². The third-order valence-corrected chi connectivity index (χ3v) is 3.03. The van der Waals surface area contributed by atoms with Crippen LogP contribution in [0.5, 0.6) is 0 Å². The molecular weight excluding hydrogens is 232 g/mol. The molecule has 1 aliphatic rings. The molecule has 100 valence electrons. The molecule has 0 bridgehead atoms. The molecule has 6 nitrogen and oxygen atoms in total. The van der Waals surface area contributed by atoms with Gasteiger partial charge in [-0.15, -0.1) is 0 Å². The summed E-state index contributed by atoms with van der Waals surface area (Å²) in [5.74, 6) is 0.410. The van der Waals surface area contributed by atoms with E-state index in [1.54, 1.807) is 4.90 Å². The number of nitriles is 1. The normalized spacial score (nSPS) is 15.9. The summed E-state index contributed by atoms with van der Waals surface area (Å²) in [5, 5.41) is 13.5. The molecule has 0 aromatic carbocycles. The first-order valence-corrected chi connectivity index (χ1v) is 6.30. The van der Waals surface area contributed by atoms with E-state index in [4.69, 9.17) is 5.26 Å². The molecule has 0 spiro atoms. The lowest BCUT2D eigenvalue weighted by Crippen LogP contribution is -2.47. The molecule has 0 aromatic heterocycles. The van der Waals surface area contributed by atoms with E-state index in [-0.39, 0.29) is 24.9 Å². The van der Waals surface area contributed by atoms with E-state index in [1.165, 1.54) is 0 Å². The van der Waals surface area contributed by atoms with Crippen molar-refractivity contribution in [3.63, 3.8) is 0 Å². The second-order valence-corrected chi connectivity index (χ2v) is 4.59. The molecule has 18 heavy (non-hydrogen) atoms. The SMILES string of the molecule is CC1CCN(C(=O)NCC(=O)NCCC#N)CC1. The number of nitrogens with zero attached hydrogens (tertiary/aromatic N) is 2. The standard InChI is InChI=1S/C12H20N4O2/c1-10-3-7-16(8-4-10)12(18)15-9-11(17)14-6-2-5-13/h10H,2-4,6-9H2,1H3,(H,14,17)(H,15,18). The van der Waals surface area contributed by atoms with Crippen LogP contribution in [-0.4, -0.2) is 43.0 Å². The van der Waals surface area contributed by atoms with E-state index < -0.39 is 0 Å². The van der Waals surface area contributed by atoms with Gasteiger partial charge in [-0.25, -0.2) is 4.79 Å². The van der Waals surface area contributed by atoms with Crippen LogP contribution in [0.4, 0.5) is 4.79 Å². The Balaban J connectivity index is 2.16. The summed E-state index contributed by atoms with van der Waals surface area (Å²) >= 11 is 0. The van der Waals surface area contributed by atoms with Crippen molar-refractivity contribution in [1.29, 1.82) is 5.26 Å². The van der Waals surface area contributed by atoms with Gasteiger partial charge in [0.15, 0.2) is 0 Å². The van der Waals surface area contributed by atoms with E-state index in [0.29, 0.717) is 12.5 Å². The number of amides is 3. The summed E-state index contributed by atoms with van der Waals surface area (Å²) in [6.45, 7) is 3.98. The van der Waals surface area contributed by atoms with Crippen LogP contribution in [0.25, 0.3) is 0 Å². The number of urea groups is 1. The molecule has 1 fully saturated rings. The molecule has 2 N–H and O–H groups in total. The van der Waals surface area contributed by atoms with Gasteiger partial charge < -0.3 is 15.5 Å². The molecule has 1 heterocycles. The Labute approximate surface area is 107 Å². The summed E-state index contributed by atoms with van der Waals surface area (Å²) < 4.78 is 0. The highest BCUT2D eigenvalue weighted by Gasteiger charge is 2.20. The highest BCUT2D eigenvalue weighted by molar-refractivity contribution is 5.83. The summed E-state index contributed by atoms with van der Waals surface area (Å²) in [6.07, 6.45) is 2.31. The Kier molecular flexibility index (Phi) is 5.98. The summed E-state index contributed by atoms with van der Waals surface area (Å²) in [6, 6.07) is 1.75. The smallest absolute Gasteiger partial charge is 0.317 e. The molecule has 0 aromatic rings. The average molecular weight is 252 g/mol. The topological polar surface area (TPSA) is 85.2 Å². The maximum absolute atomic E-state index is 11.7. The lowest BCUT2D eigenvalue weighted by Gasteiger charge is -2.30. The van der Waals surface area contributed by atoms with Crippen molar-refractivity contribution in [2.45, 2.75) is 26.2 Å². The lowest BCUT2D eigenvalue weighted by molar-refractivity contribution is -0.120. The van der Waals surface area contributed by atoms with Crippen LogP contribution in [-0.2, 0) is 4.79 Å². The second kappa shape index (κ2) is 7.54. The minimum absolute atomic E-state index is 0.0314. The van der Waals surface area contributed by atoms with Gasteiger partial charge in [-0.2, -0.15) is 5.26 Å². The Hall–Kier alpha value is -1.77. The predicted octanol–water partition coefficient (Wildman–Crippen LogP) is 0.458. The van der Waals surface area contributed by atoms with E-state index in [2.05, 4.69) is 17.6 Å². The number of rotatable bonds is 4. The van der Waals surface area contributed by atoms with Crippen LogP contribution in [0, 0.1) is 17.2 Å². The van der Waals surface area contributed by atoms with Gasteiger partial charge in [0.25, 0.3) is 0 Å². The number of likely N-dealkylation sites (tertiary alicyclic amines) is 1. The Morgan fingerprint density at radius 2 is 2.00 bits per heavy atom. The van der Waals surface area contributed by atoms with Crippen LogP contribution in [0.15, 0.2) is 0 Å². The number of piperidine rings is 1. The van der Waals surface area contributed by atoms with E-state index in [1.807, 2.05) is 6.07 Å². The van der Waals surface area contributed by atoms with Gasteiger partial charge in [0.1, 0.15) is 0 Å². The van der Waals surface area contributed by atoms with Crippen molar-refractivity contribution >= 4 is 11.9 Å². The number of carbonyl (C=O) groups excluding carboxylic acids is 2. The minimum atomic E-state index is -0.260. The largest absolute Gasteiger partial charge is 0.354 e. The fourth-order valence-corrected chi connectivity index (χ4v) is 1.80. The third-order valence-electron chi connectivity index (χ3n) is 3.03. The number of carbonyl (C=O) groups is 2. The molecule has 1 saturated heterocycles. The molecule has 0 aliphatic carbocycles. The first kappa shape index (κ1) is 14.3. The molecule has 1 aliphatic heterocycles. The summed E-state index contributed by atoms with van der Waals surface area (Å²) in [4.78, 5) is 24.8. The van der Waals surface area contributed by atoms with Crippen LogP contribution >= 0.6 is 0 Å². The van der Waals surface area contributed by atoms with E-state index in [0.717, 1.165) is 25.9 Å². The van der Waals surface area contributed by atoms with Gasteiger partial charge >= 0.3 is 6.03 Å². The Morgan fingerprint density at radius 3 is 2.61 bits per heavy atom. The van der Waals surface area contributed by atoms with Crippen molar-refractivity contribution in [2.75, 3.05) is 26.2 Å². The van der Waals surface area contributed by atoms with E-state index >= 15 is 0 Å². The quantitative estimate of drug-likeness (QED) is 0.713. The van der Waals surface area contributed by atoms with Gasteiger partial charge in [0.2, 0.25) is 5.91 Å². The van der Waals surface area contributed by atoms with Crippen molar-refractivity contribution < 1.29 is 9.59 Å². The van der Waals surface area contributed by atoms with Gasteiger partial charge in [-0.1, -0.05) is 6.92 Å². The Bertz CT molecular complexity index is 329. The zero-order chi connectivity index (χ0) is 13.4. The predicted molar refractivity (Wildman–Crippen MR) is 66.6 cm³/mol. The highest BCUT2D eigenvalue weighted by atomic mass is 16.2. The monoisotopic (exact) mass is 252 g/mol. The van der Waals surface area contributed by atoms with Gasteiger partial charge in [0.05, 0.1) is 19.0 Å². The van der Waals surface area contributed by atoms with Crippen LogP contribution in [0.2, 0.25) is 0 Å². The summed E-state index contributed by atoms with van der Waals surface area (Å²) in [7, 11) is 0. The van der Waals surface area contributed by atoms with Crippen molar-refractivity contribution in [3.8, 4) is 6.07 Å². The first-order valence-electron chi connectivity index (χ1n) is 6.30. The van der Waals surface area contributed by atoms with Crippen molar-refractivity contribution in [1.82, 2.24) is 15.5 Å². The molecular formula is C12H20N4O2. The molecule has 6 heteroatoms. The molecule has 3 amide bonds. The van der Waals surface area contributed by atoms with Crippen molar-refractivity contribution in [3.05, 3.63) is 0 Å². The van der Waals surface area contributed by atoms with Crippen LogP contribution in [0.1, 0.15) is 26.2 Å². The molecule has 0 atom stereocenters. The fourth-order valence-electron chi connectivity index (χ4n) is 1.80.